The van der Waals surface area contributed by atoms with Crippen molar-refractivity contribution in [3.05, 3.63) is 60.3 Å². The van der Waals surface area contributed by atoms with Crippen molar-refractivity contribution in [2.24, 2.45) is 0 Å². The monoisotopic (exact) mass is 405 g/mol. The Morgan fingerprint density at radius 3 is 2.57 bits per heavy atom. The summed E-state index contributed by atoms with van der Waals surface area (Å²) in [6.07, 6.45) is 7.24. The minimum absolute atomic E-state index is 0.240. The van der Waals surface area contributed by atoms with Crippen LogP contribution in [-0.2, 0) is 16.0 Å². The lowest BCUT2D eigenvalue weighted by molar-refractivity contribution is -0.125. The predicted molar refractivity (Wildman–Crippen MR) is 118 cm³/mol. The highest BCUT2D eigenvalue weighted by Crippen LogP contribution is 2.25. The fourth-order valence-corrected chi connectivity index (χ4v) is 4.02. The Morgan fingerprint density at radius 2 is 1.83 bits per heavy atom. The van der Waals surface area contributed by atoms with Gasteiger partial charge in [-0.1, -0.05) is 18.2 Å². The molecule has 0 saturated heterocycles. The summed E-state index contributed by atoms with van der Waals surface area (Å²) in [5.41, 5.74) is 2.67. The molecule has 0 spiro atoms. The third-order valence-corrected chi connectivity index (χ3v) is 5.52. The van der Waals surface area contributed by atoms with E-state index < -0.39 is 6.04 Å². The van der Waals surface area contributed by atoms with E-state index in [1.165, 1.54) is 19.8 Å². The molecule has 6 heteroatoms. The van der Waals surface area contributed by atoms with E-state index in [9.17, 15) is 9.59 Å². The Kier molecular flexibility index (Phi) is 6.02. The minimum atomic E-state index is -0.670. The number of anilines is 1. The molecule has 1 aliphatic rings. The zero-order valence-electron chi connectivity index (χ0n) is 17.1. The number of hydrogen-bond acceptors (Lipinski definition) is 3. The summed E-state index contributed by atoms with van der Waals surface area (Å²) in [4.78, 5) is 27.8. The number of carbonyl (C=O) groups is 2. The Labute approximate surface area is 176 Å². The van der Waals surface area contributed by atoms with E-state index in [1.54, 1.807) is 0 Å². The van der Waals surface area contributed by atoms with Crippen molar-refractivity contribution in [3.63, 3.8) is 0 Å². The van der Waals surface area contributed by atoms with Gasteiger partial charge in [-0.05, 0) is 61.6 Å². The first-order valence-electron chi connectivity index (χ1n) is 10.5. The van der Waals surface area contributed by atoms with Gasteiger partial charge in [-0.3, -0.25) is 9.59 Å². The van der Waals surface area contributed by atoms with Gasteiger partial charge in [-0.2, -0.15) is 0 Å². The number of carbonyl (C=O) groups excluding carboxylic acids is 2. The number of rotatable bonds is 7. The first-order valence-corrected chi connectivity index (χ1v) is 10.5. The van der Waals surface area contributed by atoms with E-state index in [1.807, 2.05) is 54.7 Å². The molecule has 1 unspecified atom stereocenters. The van der Waals surface area contributed by atoms with Crippen LogP contribution in [0.4, 0.5) is 5.69 Å². The van der Waals surface area contributed by atoms with Gasteiger partial charge in [0, 0.05) is 36.1 Å². The van der Waals surface area contributed by atoms with E-state index in [0.29, 0.717) is 18.2 Å². The summed E-state index contributed by atoms with van der Waals surface area (Å²) in [6.45, 7) is 1.42. The standard InChI is InChI=1S/C24H27N3O3/c1-16(28)26-23(14-17-15-25-22-9-5-4-8-21(17)22)24(29)27-18-10-12-20(13-11-18)30-19-6-2-3-7-19/h4-5,8-13,15,19,23,25H,2-3,6-7,14H2,1H3,(H,26,28)(H,27,29). The van der Waals surface area contributed by atoms with E-state index >= 15 is 0 Å². The molecule has 2 amide bonds. The first-order chi connectivity index (χ1) is 14.6. The molecule has 1 fully saturated rings. The van der Waals surface area contributed by atoms with E-state index in [2.05, 4.69) is 15.6 Å². The van der Waals surface area contributed by atoms with Gasteiger partial charge in [0.15, 0.2) is 0 Å². The van der Waals surface area contributed by atoms with Crippen LogP contribution >= 0.6 is 0 Å². The predicted octanol–water partition coefficient (Wildman–Crippen LogP) is 4.18. The summed E-state index contributed by atoms with van der Waals surface area (Å²) >= 11 is 0. The average Bonchev–Trinajstić information content (AvgIpc) is 3.39. The maximum atomic E-state index is 12.9. The lowest BCUT2D eigenvalue weighted by atomic mass is 10.0. The largest absolute Gasteiger partial charge is 0.490 e. The normalized spacial score (nSPS) is 15.1. The summed E-state index contributed by atoms with van der Waals surface area (Å²) < 4.78 is 5.97. The smallest absolute Gasteiger partial charge is 0.247 e. The number of aromatic amines is 1. The molecule has 30 heavy (non-hydrogen) atoms. The number of H-pyrrole nitrogens is 1. The zero-order valence-corrected chi connectivity index (χ0v) is 17.1. The second-order valence-electron chi connectivity index (χ2n) is 7.85. The molecule has 0 radical (unpaired) electrons. The molecule has 156 valence electrons. The number of amides is 2. The molecule has 1 aromatic heterocycles. The lowest BCUT2D eigenvalue weighted by Gasteiger charge is -2.18. The molecular weight excluding hydrogens is 378 g/mol. The van der Waals surface area contributed by atoms with Crippen LogP contribution in [0, 0.1) is 0 Å². The molecule has 3 N–H and O–H groups in total. The highest BCUT2D eigenvalue weighted by atomic mass is 16.5. The fourth-order valence-electron chi connectivity index (χ4n) is 4.02. The van der Waals surface area contributed by atoms with Gasteiger partial charge in [0.25, 0.3) is 0 Å². The topological polar surface area (TPSA) is 83.2 Å². The van der Waals surface area contributed by atoms with Crippen LogP contribution < -0.4 is 15.4 Å². The van der Waals surface area contributed by atoms with Crippen LogP contribution in [0.1, 0.15) is 38.2 Å². The molecule has 2 aromatic carbocycles. The van der Waals surface area contributed by atoms with Crippen LogP contribution in [0.2, 0.25) is 0 Å². The fraction of sp³-hybridized carbons (Fsp3) is 0.333. The van der Waals surface area contributed by atoms with Gasteiger partial charge in [0.05, 0.1) is 6.10 Å². The van der Waals surface area contributed by atoms with E-state index in [0.717, 1.165) is 35.1 Å². The van der Waals surface area contributed by atoms with Crippen molar-refractivity contribution >= 4 is 28.4 Å². The lowest BCUT2D eigenvalue weighted by Crippen LogP contribution is -2.44. The molecule has 1 atom stereocenters. The summed E-state index contributed by atoms with van der Waals surface area (Å²) in [5.74, 6) is 0.326. The maximum absolute atomic E-state index is 12.9. The Hall–Kier alpha value is -3.28. The SMILES string of the molecule is CC(=O)NC(Cc1c[nH]c2ccccc12)C(=O)Nc1ccc(OC2CCCC2)cc1. The van der Waals surface area contributed by atoms with Gasteiger partial charge in [0.1, 0.15) is 11.8 Å². The third kappa shape index (κ3) is 4.82. The molecule has 0 aliphatic heterocycles. The van der Waals surface area contributed by atoms with Crippen LogP contribution in [0.15, 0.2) is 54.7 Å². The van der Waals surface area contributed by atoms with Crippen LogP contribution in [-0.4, -0.2) is 28.9 Å². The number of ether oxygens (including phenoxy) is 1. The summed E-state index contributed by atoms with van der Waals surface area (Å²) in [5, 5.41) is 6.73. The Balaban J connectivity index is 1.43. The average molecular weight is 405 g/mol. The second kappa shape index (κ2) is 9.03. The number of benzene rings is 2. The van der Waals surface area contributed by atoms with Crippen molar-refractivity contribution in [2.45, 2.75) is 51.2 Å². The number of nitrogens with one attached hydrogen (secondary N) is 3. The number of aromatic nitrogens is 1. The van der Waals surface area contributed by atoms with Crippen molar-refractivity contribution in [1.82, 2.24) is 10.3 Å². The number of fused-ring (bicyclic) bond motifs is 1. The molecule has 0 bridgehead atoms. The first kappa shape index (κ1) is 20.0. The summed E-state index contributed by atoms with van der Waals surface area (Å²) in [6, 6.07) is 14.7. The van der Waals surface area contributed by atoms with Crippen LogP contribution in [0.5, 0.6) is 5.75 Å². The molecule has 6 nitrogen and oxygen atoms in total. The molecule has 1 heterocycles. The number of hydrogen-bond donors (Lipinski definition) is 3. The van der Waals surface area contributed by atoms with Gasteiger partial charge in [-0.25, -0.2) is 0 Å². The summed E-state index contributed by atoms with van der Waals surface area (Å²) in [7, 11) is 0. The molecule has 4 rings (SSSR count). The van der Waals surface area contributed by atoms with Crippen molar-refractivity contribution in [2.75, 3.05) is 5.32 Å². The highest BCUT2D eigenvalue weighted by molar-refractivity contribution is 5.97. The quantitative estimate of drug-likeness (QED) is 0.552. The van der Waals surface area contributed by atoms with Crippen molar-refractivity contribution in [1.29, 1.82) is 0 Å². The van der Waals surface area contributed by atoms with Crippen molar-refractivity contribution < 1.29 is 14.3 Å². The third-order valence-electron chi connectivity index (χ3n) is 5.52. The van der Waals surface area contributed by atoms with Gasteiger partial charge in [-0.15, -0.1) is 0 Å². The Morgan fingerprint density at radius 1 is 1.10 bits per heavy atom. The Bertz CT molecular complexity index is 1020. The van der Waals surface area contributed by atoms with E-state index in [4.69, 9.17) is 4.74 Å². The van der Waals surface area contributed by atoms with Gasteiger partial charge >= 0.3 is 0 Å². The van der Waals surface area contributed by atoms with E-state index in [-0.39, 0.29) is 11.8 Å². The second-order valence-corrected chi connectivity index (χ2v) is 7.85. The highest BCUT2D eigenvalue weighted by Gasteiger charge is 2.22. The molecular formula is C24H27N3O3. The van der Waals surface area contributed by atoms with Gasteiger partial charge in [0.2, 0.25) is 11.8 Å². The minimum Gasteiger partial charge on any atom is -0.490 e. The van der Waals surface area contributed by atoms with Crippen molar-refractivity contribution in [3.8, 4) is 5.75 Å². The van der Waals surface area contributed by atoms with Crippen LogP contribution in [0.25, 0.3) is 10.9 Å². The maximum Gasteiger partial charge on any atom is 0.247 e. The van der Waals surface area contributed by atoms with Gasteiger partial charge < -0.3 is 20.4 Å². The molecule has 1 aliphatic carbocycles. The molecule has 1 saturated carbocycles. The molecule has 3 aromatic rings. The zero-order chi connectivity index (χ0) is 20.9. The van der Waals surface area contributed by atoms with Crippen LogP contribution in [0.3, 0.4) is 0 Å². The number of para-hydroxylation sites is 1.